The van der Waals surface area contributed by atoms with Gasteiger partial charge in [0.15, 0.2) is 0 Å². The highest BCUT2D eigenvalue weighted by Gasteiger charge is 2.26. The molecule has 0 radical (unpaired) electrons. The number of methoxy groups -OCH3 is 1. The maximum Gasteiger partial charge on any atom is 0.389 e. The molecule has 7 heteroatoms. The number of hydrogen-bond acceptors (Lipinski definition) is 3. The van der Waals surface area contributed by atoms with Gasteiger partial charge >= 0.3 is 6.18 Å². The first-order valence-corrected chi connectivity index (χ1v) is 7.39. The normalized spacial score (nSPS) is 11.7. The third-order valence-electron chi connectivity index (χ3n) is 2.67. The van der Waals surface area contributed by atoms with Crippen LogP contribution in [0.5, 0.6) is 5.75 Å². The first kappa shape index (κ1) is 18.3. The molecule has 0 saturated heterocycles. The van der Waals surface area contributed by atoms with Crippen molar-refractivity contribution < 1.29 is 22.6 Å². The minimum Gasteiger partial charge on any atom is -0.492 e. The smallest absolute Gasteiger partial charge is 0.389 e. The highest BCUT2D eigenvalue weighted by Crippen LogP contribution is 2.27. The van der Waals surface area contributed by atoms with Crippen LogP contribution in [0.2, 0.25) is 0 Å². The highest BCUT2D eigenvalue weighted by molar-refractivity contribution is 9.10. The summed E-state index contributed by atoms with van der Waals surface area (Å²) in [5, 5.41) is 3.21. The topological polar surface area (TPSA) is 30.5 Å². The molecular weight excluding hydrogens is 351 g/mol. The number of ether oxygens (including phenoxy) is 2. The molecule has 0 spiro atoms. The van der Waals surface area contributed by atoms with Crippen LogP contribution in [0.1, 0.15) is 18.4 Å². The molecule has 0 saturated carbocycles. The summed E-state index contributed by atoms with van der Waals surface area (Å²) >= 11 is 3.36. The molecule has 1 aromatic carbocycles. The zero-order valence-corrected chi connectivity index (χ0v) is 13.4. The van der Waals surface area contributed by atoms with E-state index < -0.39 is 12.6 Å². The fourth-order valence-corrected chi connectivity index (χ4v) is 2.17. The Labute approximate surface area is 130 Å². The minimum absolute atomic E-state index is 0.0452. The van der Waals surface area contributed by atoms with Gasteiger partial charge in [-0.15, -0.1) is 0 Å². The fourth-order valence-electron chi connectivity index (χ4n) is 1.63. The molecule has 0 fully saturated rings. The molecule has 0 aliphatic heterocycles. The van der Waals surface area contributed by atoms with Gasteiger partial charge in [-0.25, -0.2) is 0 Å². The van der Waals surface area contributed by atoms with Crippen LogP contribution in [0.4, 0.5) is 13.2 Å². The molecule has 1 rings (SSSR count). The molecule has 1 N–H and O–H groups in total. The number of alkyl halides is 3. The quantitative estimate of drug-likeness (QED) is 0.669. The Kier molecular flexibility index (Phi) is 8.06. The van der Waals surface area contributed by atoms with Gasteiger partial charge in [0, 0.05) is 26.6 Å². The molecule has 0 atom stereocenters. The summed E-state index contributed by atoms with van der Waals surface area (Å²) in [4.78, 5) is 0. The van der Waals surface area contributed by atoms with Crippen molar-refractivity contribution in [1.82, 2.24) is 5.32 Å². The zero-order valence-electron chi connectivity index (χ0n) is 11.8. The maximum atomic E-state index is 12.0. The van der Waals surface area contributed by atoms with Crippen molar-refractivity contribution in [2.45, 2.75) is 25.6 Å². The summed E-state index contributed by atoms with van der Waals surface area (Å²) in [5.41, 5.74) is 1.06. The highest BCUT2D eigenvalue weighted by atomic mass is 79.9. The number of rotatable bonds is 9. The molecule has 0 aliphatic rings. The van der Waals surface area contributed by atoms with Crippen LogP contribution < -0.4 is 10.1 Å². The molecule has 0 aromatic heterocycles. The molecule has 0 heterocycles. The van der Waals surface area contributed by atoms with Crippen LogP contribution in [0.25, 0.3) is 0 Å². The van der Waals surface area contributed by atoms with E-state index in [1.807, 2.05) is 12.1 Å². The zero-order chi connectivity index (χ0) is 15.7. The Bertz CT molecular complexity index is 427. The second-order valence-corrected chi connectivity index (χ2v) is 5.36. The van der Waals surface area contributed by atoms with Gasteiger partial charge in [-0.1, -0.05) is 6.07 Å². The van der Waals surface area contributed by atoms with Crippen LogP contribution in [-0.2, 0) is 11.3 Å². The van der Waals surface area contributed by atoms with E-state index in [1.165, 1.54) is 0 Å². The van der Waals surface area contributed by atoms with Crippen LogP contribution in [0.15, 0.2) is 22.7 Å². The van der Waals surface area contributed by atoms with Crippen molar-refractivity contribution in [1.29, 1.82) is 0 Å². The van der Waals surface area contributed by atoms with Crippen LogP contribution in [0, 0.1) is 0 Å². The fraction of sp³-hybridized carbons (Fsp3) is 0.571. The van der Waals surface area contributed by atoms with E-state index in [0.29, 0.717) is 18.9 Å². The van der Waals surface area contributed by atoms with E-state index in [1.54, 1.807) is 13.2 Å². The lowest BCUT2D eigenvalue weighted by molar-refractivity contribution is -0.136. The minimum atomic E-state index is -4.13. The van der Waals surface area contributed by atoms with Crippen molar-refractivity contribution in [2.24, 2.45) is 0 Å². The average molecular weight is 370 g/mol. The Morgan fingerprint density at radius 2 is 2.00 bits per heavy atom. The predicted octanol–water partition coefficient (Wildman–Crippen LogP) is 3.91. The molecule has 0 unspecified atom stereocenters. The summed E-state index contributed by atoms with van der Waals surface area (Å²) in [5.74, 6) is 0.554. The van der Waals surface area contributed by atoms with E-state index in [2.05, 4.69) is 21.2 Å². The number of hydrogen-bond donors (Lipinski definition) is 1. The maximum absolute atomic E-state index is 12.0. The van der Waals surface area contributed by atoms with Gasteiger partial charge < -0.3 is 14.8 Å². The second kappa shape index (κ2) is 9.27. The molecule has 3 nitrogen and oxygen atoms in total. The van der Waals surface area contributed by atoms with Gasteiger partial charge in [0.1, 0.15) is 5.75 Å². The first-order valence-electron chi connectivity index (χ1n) is 6.60. The lowest BCUT2D eigenvalue weighted by Gasteiger charge is -2.11. The molecule has 120 valence electrons. The largest absolute Gasteiger partial charge is 0.492 e. The van der Waals surface area contributed by atoms with Crippen LogP contribution >= 0.6 is 15.9 Å². The van der Waals surface area contributed by atoms with Crippen molar-refractivity contribution >= 4 is 15.9 Å². The summed E-state index contributed by atoms with van der Waals surface area (Å²) < 4.78 is 47.0. The summed E-state index contributed by atoms with van der Waals surface area (Å²) in [6.07, 6.45) is -5.00. The van der Waals surface area contributed by atoms with Crippen LogP contribution in [0.3, 0.4) is 0 Å². The lowest BCUT2D eigenvalue weighted by atomic mass is 10.2. The van der Waals surface area contributed by atoms with Crippen molar-refractivity contribution in [3.05, 3.63) is 28.2 Å². The van der Waals surface area contributed by atoms with Gasteiger partial charge in [-0.2, -0.15) is 13.2 Å². The second-order valence-electron chi connectivity index (χ2n) is 4.50. The molecule has 0 amide bonds. The van der Waals surface area contributed by atoms with Crippen LogP contribution in [-0.4, -0.2) is 33.0 Å². The van der Waals surface area contributed by atoms with E-state index >= 15 is 0 Å². The molecule has 21 heavy (non-hydrogen) atoms. The standard InChI is InChI=1S/C14H19BrF3NO2/c1-20-8-6-19-10-11-3-4-13(12(15)9-11)21-7-2-5-14(16,17)18/h3-4,9,19H,2,5-8,10H2,1H3. The van der Waals surface area contributed by atoms with E-state index in [0.717, 1.165) is 16.6 Å². The van der Waals surface area contributed by atoms with Crippen molar-refractivity contribution in [2.75, 3.05) is 26.9 Å². The predicted molar refractivity (Wildman–Crippen MR) is 78.5 cm³/mol. The lowest BCUT2D eigenvalue weighted by Crippen LogP contribution is -2.18. The molecule has 0 aliphatic carbocycles. The summed E-state index contributed by atoms with van der Waals surface area (Å²) in [7, 11) is 1.64. The van der Waals surface area contributed by atoms with Gasteiger partial charge in [0.05, 0.1) is 17.7 Å². The van der Waals surface area contributed by atoms with E-state index in [4.69, 9.17) is 9.47 Å². The monoisotopic (exact) mass is 369 g/mol. The number of nitrogens with one attached hydrogen (secondary N) is 1. The van der Waals surface area contributed by atoms with E-state index in [9.17, 15) is 13.2 Å². The third-order valence-corrected chi connectivity index (χ3v) is 3.29. The van der Waals surface area contributed by atoms with Gasteiger partial charge in [0.2, 0.25) is 0 Å². The Morgan fingerprint density at radius 3 is 2.62 bits per heavy atom. The third kappa shape index (κ3) is 8.28. The SMILES string of the molecule is COCCNCc1ccc(OCCCC(F)(F)F)c(Br)c1. The summed E-state index contributed by atoms with van der Waals surface area (Å²) in [6.45, 7) is 2.13. The molecule has 1 aromatic rings. The van der Waals surface area contributed by atoms with E-state index in [-0.39, 0.29) is 13.0 Å². The molecule has 0 bridgehead atoms. The molecular formula is C14H19BrF3NO2. The number of halogens is 4. The Balaban J connectivity index is 2.36. The number of benzene rings is 1. The van der Waals surface area contributed by atoms with Gasteiger partial charge in [-0.05, 0) is 40.0 Å². The van der Waals surface area contributed by atoms with Gasteiger partial charge in [-0.3, -0.25) is 0 Å². The van der Waals surface area contributed by atoms with Crippen molar-refractivity contribution in [3.63, 3.8) is 0 Å². The average Bonchev–Trinajstić information content (AvgIpc) is 2.40. The van der Waals surface area contributed by atoms with Gasteiger partial charge in [0.25, 0.3) is 0 Å². The summed E-state index contributed by atoms with van der Waals surface area (Å²) in [6, 6.07) is 5.52. The Morgan fingerprint density at radius 1 is 1.24 bits per heavy atom. The Hall–Kier alpha value is -0.790. The first-order chi connectivity index (χ1) is 9.92. The van der Waals surface area contributed by atoms with Crippen molar-refractivity contribution in [3.8, 4) is 5.75 Å².